The van der Waals surface area contributed by atoms with Crippen molar-refractivity contribution in [1.29, 1.82) is 0 Å². The van der Waals surface area contributed by atoms with Crippen LogP contribution in [0.5, 0.6) is 0 Å². The smallest absolute Gasteiger partial charge is 0.159 e. The summed E-state index contributed by atoms with van der Waals surface area (Å²) in [5.41, 5.74) is 1.34. The maximum absolute atomic E-state index is 13.2. The first-order valence-corrected chi connectivity index (χ1v) is 7.26. The Morgan fingerprint density at radius 2 is 2.11 bits per heavy atom. The summed E-state index contributed by atoms with van der Waals surface area (Å²) in [4.78, 5) is 4.54. The number of rotatable bonds is 2. The number of benzene rings is 1. The fourth-order valence-corrected chi connectivity index (χ4v) is 3.24. The lowest BCUT2D eigenvalue weighted by atomic mass is 10.1. The predicted octanol–water partition coefficient (Wildman–Crippen LogP) is 3.90. The van der Waals surface area contributed by atoms with E-state index < -0.39 is 11.6 Å². The largest absolute Gasteiger partial charge is 0.308 e. The number of hydrogen-bond acceptors (Lipinski definition) is 3. The number of aromatic nitrogens is 1. The highest BCUT2D eigenvalue weighted by Gasteiger charge is 2.18. The summed E-state index contributed by atoms with van der Waals surface area (Å²) < 4.78 is 26.1. The molecule has 2 nitrogen and oxygen atoms in total. The molecular formula is C14H14F2N2S. The van der Waals surface area contributed by atoms with E-state index in [1.165, 1.54) is 18.9 Å². The van der Waals surface area contributed by atoms with Crippen molar-refractivity contribution in [2.24, 2.45) is 0 Å². The maximum atomic E-state index is 13.2. The molecule has 0 saturated carbocycles. The number of thiazole rings is 1. The summed E-state index contributed by atoms with van der Waals surface area (Å²) >= 11 is 1.57. The summed E-state index contributed by atoms with van der Waals surface area (Å²) in [5.74, 6) is -1.66. The van der Waals surface area contributed by atoms with Crippen LogP contribution in [0.2, 0.25) is 0 Å². The highest BCUT2D eigenvalue weighted by atomic mass is 32.1. The molecular weight excluding hydrogens is 266 g/mol. The lowest BCUT2D eigenvalue weighted by molar-refractivity contribution is 0.411. The number of halogens is 2. The van der Waals surface area contributed by atoms with Crippen molar-refractivity contribution in [3.05, 3.63) is 40.2 Å². The van der Waals surface area contributed by atoms with E-state index in [0.717, 1.165) is 24.0 Å². The molecule has 100 valence electrons. The molecule has 3 rings (SSSR count). The monoisotopic (exact) mass is 280 g/mol. The van der Waals surface area contributed by atoms with E-state index in [9.17, 15) is 8.78 Å². The van der Waals surface area contributed by atoms with Gasteiger partial charge in [-0.2, -0.15) is 0 Å². The van der Waals surface area contributed by atoms with Crippen molar-refractivity contribution in [2.75, 3.05) is 6.54 Å². The first kappa shape index (κ1) is 12.7. The van der Waals surface area contributed by atoms with Crippen molar-refractivity contribution < 1.29 is 8.78 Å². The van der Waals surface area contributed by atoms with E-state index in [0.29, 0.717) is 17.3 Å². The molecule has 0 spiro atoms. The third-order valence-electron chi connectivity index (χ3n) is 3.35. The van der Waals surface area contributed by atoms with Crippen LogP contribution in [0.3, 0.4) is 0 Å². The van der Waals surface area contributed by atoms with Crippen LogP contribution in [0.25, 0.3) is 11.3 Å². The van der Waals surface area contributed by atoms with Gasteiger partial charge in [-0.15, -0.1) is 11.3 Å². The molecule has 0 radical (unpaired) electrons. The van der Waals surface area contributed by atoms with Crippen LogP contribution in [0.4, 0.5) is 8.78 Å². The minimum Gasteiger partial charge on any atom is -0.308 e. The normalized spacial score (nSPS) is 19.6. The number of piperidine rings is 1. The first-order chi connectivity index (χ1) is 9.24. The molecule has 1 aromatic heterocycles. The molecule has 5 heteroatoms. The van der Waals surface area contributed by atoms with Crippen LogP contribution in [0.1, 0.15) is 30.3 Å². The molecule has 1 saturated heterocycles. The first-order valence-electron chi connectivity index (χ1n) is 6.38. The summed E-state index contributed by atoms with van der Waals surface area (Å²) in [6, 6.07) is 4.20. The minimum atomic E-state index is -0.831. The van der Waals surface area contributed by atoms with Crippen LogP contribution in [-0.4, -0.2) is 11.5 Å². The molecule has 0 unspecified atom stereocenters. The third kappa shape index (κ3) is 2.67. The van der Waals surface area contributed by atoms with Crippen molar-refractivity contribution in [3.63, 3.8) is 0 Å². The lowest BCUT2D eigenvalue weighted by Crippen LogP contribution is -2.26. The predicted molar refractivity (Wildman–Crippen MR) is 72.1 cm³/mol. The van der Waals surface area contributed by atoms with Gasteiger partial charge in [-0.3, -0.25) is 0 Å². The van der Waals surface area contributed by atoms with E-state index in [4.69, 9.17) is 0 Å². The highest BCUT2D eigenvalue weighted by molar-refractivity contribution is 7.10. The Kier molecular flexibility index (Phi) is 3.57. The Hall–Kier alpha value is -1.33. The van der Waals surface area contributed by atoms with Gasteiger partial charge in [-0.25, -0.2) is 13.8 Å². The van der Waals surface area contributed by atoms with Gasteiger partial charge in [-0.1, -0.05) is 6.42 Å². The van der Waals surface area contributed by atoms with Crippen molar-refractivity contribution >= 4 is 11.3 Å². The molecule has 2 aromatic rings. The van der Waals surface area contributed by atoms with Gasteiger partial charge < -0.3 is 5.32 Å². The molecule has 1 aromatic carbocycles. The van der Waals surface area contributed by atoms with E-state index >= 15 is 0 Å². The SMILES string of the molecule is Fc1ccc(-c2csc([C@H]3CCCCN3)n2)cc1F. The van der Waals surface area contributed by atoms with E-state index in [1.54, 1.807) is 17.4 Å². The minimum absolute atomic E-state index is 0.304. The van der Waals surface area contributed by atoms with Crippen molar-refractivity contribution in [1.82, 2.24) is 10.3 Å². The van der Waals surface area contributed by atoms with E-state index in [-0.39, 0.29) is 0 Å². The van der Waals surface area contributed by atoms with Crippen molar-refractivity contribution in [2.45, 2.75) is 25.3 Å². The molecule has 1 aliphatic heterocycles. The van der Waals surface area contributed by atoms with Gasteiger partial charge in [-0.05, 0) is 37.6 Å². The van der Waals surface area contributed by atoms with Crippen LogP contribution in [0, 0.1) is 11.6 Å². The second-order valence-electron chi connectivity index (χ2n) is 4.70. The molecule has 0 aliphatic carbocycles. The topological polar surface area (TPSA) is 24.9 Å². The fourth-order valence-electron chi connectivity index (χ4n) is 2.30. The quantitative estimate of drug-likeness (QED) is 0.902. The Bertz CT molecular complexity index is 577. The van der Waals surface area contributed by atoms with E-state index in [1.807, 2.05) is 5.38 Å². The van der Waals surface area contributed by atoms with Gasteiger partial charge >= 0.3 is 0 Å². The second kappa shape index (κ2) is 5.35. The van der Waals surface area contributed by atoms with Crippen LogP contribution >= 0.6 is 11.3 Å². The fraction of sp³-hybridized carbons (Fsp3) is 0.357. The summed E-state index contributed by atoms with van der Waals surface area (Å²) in [5, 5.41) is 6.36. The molecule has 2 heterocycles. The second-order valence-corrected chi connectivity index (χ2v) is 5.59. The van der Waals surface area contributed by atoms with Crippen LogP contribution in [0.15, 0.2) is 23.6 Å². The van der Waals surface area contributed by atoms with Gasteiger partial charge in [0.25, 0.3) is 0 Å². The zero-order chi connectivity index (χ0) is 13.2. The van der Waals surface area contributed by atoms with Crippen LogP contribution in [-0.2, 0) is 0 Å². The molecule has 19 heavy (non-hydrogen) atoms. The summed E-state index contributed by atoms with van der Waals surface area (Å²) in [6.45, 7) is 1.02. The molecule has 1 atom stereocenters. The zero-order valence-electron chi connectivity index (χ0n) is 10.3. The summed E-state index contributed by atoms with van der Waals surface area (Å²) in [7, 11) is 0. The maximum Gasteiger partial charge on any atom is 0.159 e. The van der Waals surface area contributed by atoms with Crippen LogP contribution < -0.4 is 5.32 Å². The molecule has 0 bridgehead atoms. The van der Waals surface area contributed by atoms with Gasteiger partial charge in [0.1, 0.15) is 5.01 Å². The van der Waals surface area contributed by atoms with Gasteiger partial charge in [0.2, 0.25) is 0 Å². The van der Waals surface area contributed by atoms with Gasteiger partial charge in [0.15, 0.2) is 11.6 Å². The lowest BCUT2D eigenvalue weighted by Gasteiger charge is -2.21. The molecule has 1 aliphatic rings. The number of nitrogens with zero attached hydrogens (tertiary/aromatic N) is 1. The Morgan fingerprint density at radius 1 is 1.21 bits per heavy atom. The van der Waals surface area contributed by atoms with Gasteiger partial charge in [0.05, 0.1) is 11.7 Å². The number of hydrogen-bond donors (Lipinski definition) is 1. The highest BCUT2D eigenvalue weighted by Crippen LogP contribution is 2.30. The van der Waals surface area contributed by atoms with Crippen molar-refractivity contribution in [3.8, 4) is 11.3 Å². The molecule has 1 N–H and O–H groups in total. The average molecular weight is 280 g/mol. The number of nitrogens with one attached hydrogen (secondary N) is 1. The Balaban J connectivity index is 1.85. The van der Waals surface area contributed by atoms with Gasteiger partial charge in [0, 0.05) is 10.9 Å². The average Bonchev–Trinajstić information content (AvgIpc) is 2.93. The summed E-state index contributed by atoms with van der Waals surface area (Å²) in [6.07, 6.45) is 3.50. The Morgan fingerprint density at radius 3 is 2.84 bits per heavy atom. The Labute approximate surface area is 114 Å². The van der Waals surface area contributed by atoms with E-state index in [2.05, 4.69) is 10.3 Å². The molecule has 1 fully saturated rings. The zero-order valence-corrected chi connectivity index (χ0v) is 11.1. The molecule has 0 amide bonds. The third-order valence-corrected chi connectivity index (χ3v) is 4.30. The standard InChI is InChI=1S/C14H14F2N2S/c15-10-5-4-9(7-11(10)16)13-8-19-14(18-13)12-3-1-2-6-17-12/h4-5,7-8,12,17H,1-3,6H2/t12-/m1/s1.